The monoisotopic (exact) mass is 491 g/mol. The second kappa shape index (κ2) is 11.2. The van der Waals surface area contributed by atoms with E-state index in [0.29, 0.717) is 18.4 Å². The van der Waals surface area contributed by atoms with E-state index in [1.807, 2.05) is 24.4 Å². The van der Waals surface area contributed by atoms with Gasteiger partial charge in [0.2, 0.25) is 0 Å². The fourth-order valence-electron chi connectivity index (χ4n) is 5.04. The summed E-state index contributed by atoms with van der Waals surface area (Å²) in [6.07, 6.45) is 9.85. The predicted molar refractivity (Wildman–Crippen MR) is 149 cm³/mol. The Morgan fingerprint density at radius 2 is 2.06 bits per heavy atom. The van der Waals surface area contributed by atoms with Crippen molar-refractivity contribution in [1.29, 1.82) is 0 Å². The van der Waals surface area contributed by atoms with E-state index in [0.717, 1.165) is 63.1 Å². The van der Waals surface area contributed by atoms with Gasteiger partial charge < -0.3 is 4.57 Å². The van der Waals surface area contributed by atoms with Crippen LogP contribution in [-0.4, -0.2) is 23.4 Å². The Balaban J connectivity index is 1.74. The molecule has 3 nitrogen and oxygen atoms in total. The third-order valence-electron chi connectivity index (χ3n) is 6.66. The summed E-state index contributed by atoms with van der Waals surface area (Å²) in [5, 5.41) is 0.855. The molecule has 0 saturated heterocycles. The molecule has 0 radical (unpaired) electrons. The summed E-state index contributed by atoms with van der Waals surface area (Å²) in [7, 11) is 0. The van der Waals surface area contributed by atoms with Crippen molar-refractivity contribution in [2.24, 2.45) is 21.8 Å². The lowest BCUT2D eigenvalue weighted by Crippen LogP contribution is -2.03. The van der Waals surface area contributed by atoms with E-state index in [9.17, 15) is 4.39 Å². The van der Waals surface area contributed by atoms with Gasteiger partial charge >= 0.3 is 0 Å². The molecule has 176 valence electrons. The number of aliphatic imine (C=N–C) groups is 2. The molecule has 3 aromatic rings. The molecule has 1 saturated carbocycles. The average molecular weight is 492 g/mol. The number of fused-ring (bicyclic) bond motifs is 1. The molecule has 1 fully saturated rings. The number of aromatic nitrogens is 1. The second-order valence-electron chi connectivity index (χ2n) is 8.90. The SMILES string of the molecule is C=N/C=N\C=C(\C(=C)c1cn(Cc2cccc(S)c2)c2ccc(F)cc12)C1CCC(CCS)C1. The maximum Gasteiger partial charge on any atom is 0.123 e. The number of hydrogen-bond donors (Lipinski definition) is 2. The zero-order chi connectivity index (χ0) is 24.1. The Bertz CT molecular complexity index is 1260. The molecule has 1 aliphatic carbocycles. The van der Waals surface area contributed by atoms with E-state index in [-0.39, 0.29) is 5.82 Å². The normalized spacial score (nSPS) is 18.7. The third kappa shape index (κ3) is 5.56. The van der Waals surface area contributed by atoms with Crippen LogP contribution < -0.4 is 0 Å². The minimum atomic E-state index is -0.259. The highest BCUT2D eigenvalue weighted by Gasteiger charge is 2.29. The highest BCUT2D eigenvalue weighted by Crippen LogP contribution is 2.43. The van der Waals surface area contributed by atoms with E-state index in [1.165, 1.54) is 18.8 Å². The molecule has 34 heavy (non-hydrogen) atoms. The van der Waals surface area contributed by atoms with Gasteiger partial charge in [-0.1, -0.05) is 18.7 Å². The van der Waals surface area contributed by atoms with Crippen molar-refractivity contribution in [2.75, 3.05) is 5.75 Å². The molecule has 0 spiro atoms. The zero-order valence-corrected chi connectivity index (χ0v) is 21.0. The van der Waals surface area contributed by atoms with Crippen LogP contribution >= 0.6 is 25.3 Å². The summed E-state index contributed by atoms with van der Waals surface area (Å²) in [6.45, 7) is 8.63. The lowest BCUT2D eigenvalue weighted by atomic mass is 9.87. The Morgan fingerprint density at radius 3 is 2.82 bits per heavy atom. The van der Waals surface area contributed by atoms with Gasteiger partial charge in [0.25, 0.3) is 0 Å². The summed E-state index contributed by atoms with van der Waals surface area (Å²) >= 11 is 8.90. The van der Waals surface area contributed by atoms with Gasteiger partial charge in [0.15, 0.2) is 0 Å². The van der Waals surface area contributed by atoms with Gasteiger partial charge in [-0.15, -0.1) is 12.6 Å². The van der Waals surface area contributed by atoms with Crippen LogP contribution in [0.25, 0.3) is 16.5 Å². The fraction of sp³-hybridized carbons (Fsp3) is 0.286. The van der Waals surface area contributed by atoms with Gasteiger partial charge in [0.05, 0.1) is 0 Å². The molecule has 1 aromatic heterocycles. The van der Waals surface area contributed by atoms with Crippen molar-refractivity contribution < 1.29 is 4.39 Å². The number of hydrogen-bond acceptors (Lipinski definition) is 3. The van der Waals surface area contributed by atoms with Crippen molar-refractivity contribution in [2.45, 2.75) is 37.1 Å². The number of thiol groups is 2. The minimum Gasteiger partial charge on any atom is -0.342 e. The zero-order valence-electron chi connectivity index (χ0n) is 19.2. The molecule has 2 aromatic carbocycles. The Morgan fingerprint density at radius 1 is 1.21 bits per heavy atom. The van der Waals surface area contributed by atoms with Gasteiger partial charge in [-0.2, -0.15) is 12.6 Å². The fourth-order valence-corrected chi connectivity index (χ4v) is 5.66. The van der Waals surface area contributed by atoms with Gasteiger partial charge in [0.1, 0.15) is 12.2 Å². The molecule has 0 amide bonds. The Hall–Kier alpha value is -2.57. The largest absolute Gasteiger partial charge is 0.342 e. The van der Waals surface area contributed by atoms with Crippen LogP contribution in [0.4, 0.5) is 4.39 Å². The lowest BCUT2D eigenvalue weighted by Gasteiger charge is -2.17. The first-order chi connectivity index (χ1) is 16.5. The van der Waals surface area contributed by atoms with Crippen LogP contribution in [0.15, 0.2) is 81.9 Å². The summed E-state index contributed by atoms with van der Waals surface area (Å²) in [4.78, 5) is 9.01. The Labute approximate surface area is 212 Å². The van der Waals surface area contributed by atoms with Gasteiger partial charge in [0, 0.05) is 40.3 Å². The van der Waals surface area contributed by atoms with E-state index < -0.39 is 0 Å². The summed E-state index contributed by atoms with van der Waals surface area (Å²) < 4.78 is 16.5. The molecule has 2 unspecified atom stereocenters. The van der Waals surface area contributed by atoms with Crippen LogP contribution in [0.1, 0.15) is 36.8 Å². The van der Waals surface area contributed by atoms with Crippen LogP contribution in [0, 0.1) is 17.7 Å². The number of allylic oxidation sites excluding steroid dienone is 2. The second-order valence-corrected chi connectivity index (χ2v) is 9.86. The minimum absolute atomic E-state index is 0.259. The first-order valence-corrected chi connectivity index (χ1v) is 12.6. The molecule has 1 aliphatic rings. The van der Waals surface area contributed by atoms with E-state index in [4.69, 9.17) is 0 Å². The average Bonchev–Trinajstić information content (AvgIpc) is 3.41. The van der Waals surface area contributed by atoms with Gasteiger partial charge in [-0.05, 0) is 97.0 Å². The quantitative estimate of drug-likeness (QED) is 0.134. The molecule has 0 N–H and O–H groups in total. The van der Waals surface area contributed by atoms with Crippen LogP contribution in [-0.2, 0) is 6.54 Å². The molecule has 1 heterocycles. The molecular weight excluding hydrogens is 461 g/mol. The summed E-state index contributed by atoms with van der Waals surface area (Å²) in [5.74, 6) is 1.65. The van der Waals surface area contributed by atoms with Crippen LogP contribution in [0.2, 0.25) is 0 Å². The molecule has 2 atom stereocenters. The molecular formula is C28H30FN3S2. The highest BCUT2D eigenvalue weighted by atomic mass is 32.1. The smallest absolute Gasteiger partial charge is 0.123 e. The lowest BCUT2D eigenvalue weighted by molar-refractivity contribution is 0.516. The highest BCUT2D eigenvalue weighted by molar-refractivity contribution is 7.80. The molecule has 0 aliphatic heterocycles. The van der Waals surface area contributed by atoms with E-state index >= 15 is 0 Å². The molecule has 4 rings (SSSR count). The van der Waals surface area contributed by atoms with Crippen molar-refractivity contribution in [3.05, 3.63) is 84.0 Å². The van der Waals surface area contributed by atoms with E-state index in [2.05, 4.69) is 71.4 Å². The maximum absolute atomic E-state index is 14.3. The topological polar surface area (TPSA) is 29.6 Å². The van der Waals surface area contributed by atoms with Gasteiger partial charge in [-0.3, -0.25) is 4.99 Å². The van der Waals surface area contributed by atoms with E-state index in [1.54, 1.807) is 6.07 Å². The first-order valence-electron chi connectivity index (χ1n) is 11.5. The Kier molecular flexibility index (Phi) is 8.11. The van der Waals surface area contributed by atoms with Crippen molar-refractivity contribution >= 4 is 54.8 Å². The number of benzene rings is 2. The van der Waals surface area contributed by atoms with Crippen molar-refractivity contribution in [1.82, 2.24) is 4.57 Å². The number of rotatable bonds is 9. The molecule has 6 heteroatoms. The standard InChI is InChI=1S/C28H30FN3S2/c1-19(26(15-31-18-30-2)22-7-6-20(12-22)10-11-33)27-17-32(16-21-4-3-5-24(34)13-21)28-9-8-23(29)14-25(27)28/h3-5,8-9,13-15,17-18,20,22,33-34H,1-2,6-7,10-12,16H2/b26-15-,31-18-. The third-order valence-corrected chi connectivity index (χ3v) is 7.20. The van der Waals surface area contributed by atoms with Crippen LogP contribution in [0.5, 0.6) is 0 Å². The van der Waals surface area contributed by atoms with Gasteiger partial charge in [-0.25, -0.2) is 9.38 Å². The number of halogens is 1. The van der Waals surface area contributed by atoms with Crippen molar-refractivity contribution in [3.63, 3.8) is 0 Å². The summed E-state index contributed by atoms with van der Waals surface area (Å²) in [6, 6.07) is 13.0. The first kappa shape index (κ1) is 24.6. The number of nitrogens with zero attached hydrogens (tertiary/aromatic N) is 3. The van der Waals surface area contributed by atoms with Crippen LogP contribution in [0.3, 0.4) is 0 Å². The van der Waals surface area contributed by atoms with Crippen molar-refractivity contribution in [3.8, 4) is 0 Å². The summed E-state index contributed by atoms with van der Waals surface area (Å²) in [5.41, 5.74) is 5.00. The predicted octanol–water partition coefficient (Wildman–Crippen LogP) is 7.48. The maximum atomic E-state index is 14.3. The molecule has 0 bridgehead atoms.